The molecule has 6 heteroatoms. The number of aryl methyl sites for hydroxylation is 1. The first kappa shape index (κ1) is 20.0. The Morgan fingerprint density at radius 3 is 2.69 bits per heavy atom. The molecule has 4 rings (SSSR count). The summed E-state index contributed by atoms with van der Waals surface area (Å²) in [4.78, 5) is 14.6. The van der Waals surface area contributed by atoms with Crippen LogP contribution in [-0.4, -0.2) is 55.4 Å². The molecule has 1 spiro atoms. The van der Waals surface area contributed by atoms with Crippen molar-refractivity contribution in [1.29, 1.82) is 0 Å². The predicted molar refractivity (Wildman–Crippen MR) is 108 cm³/mol. The molecule has 1 aromatic carbocycles. The number of carbonyl (C=O) groups excluding carboxylic acids is 1. The van der Waals surface area contributed by atoms with E-state index in [1.54, 1.807) is 12.3 Å². The number of benzene rings is 1. The van der Waals surface area contributed by atoms with Gasteiger partial charge in [-0.1, -0.05) is 18.2 Å². The molecule has 2 aliphatic rings. The number of hydrogen-bond acceptors (Lipinski definition) is 5. The normalized spacial score (nSPS) is 21.3. The van der Waals surface area contributed by atoms with Crippen LogP contribution in [0.1, 0.15) is 41.8 Å². The maximum Gasteiger partial charge on any atom is 0.257 e. The van der Waals surface area contributed by atoms with Crippen LogP contribution >= 0.6 is 0 Å². The Labute approximate surface area is 171 Å². The monoisotopic (exact) mass is 399 g/mol. The van der Waals surface area contributed by atoms with E-state index in [1.807, 2.05) is 42.2 Å². The van der Waals surface area contributed by atoms with E-state index in [4.69, 9.17) is 18.6 Å². The fourth-order valence-corrected chi connectivity index (χ4v) is 4.26. The van der Waals surface area contributed by atoms with Gasteiger partial charge in [-0.15, -0.1) is 0 Å². The lowest BCUT2D eigenvalue weighted by atomic mass is 9.83. The SMILES string of the molecule is Cc1occc1C(=O)N1CCC2(CC1)CC(OCCOc1ccccc1)CCO2. The van der Waals surface area contributed by atoms with Crippen molar-refractivity contribution < 1.29 is 23.4 Å². The molecule has 1 atom stereocenters. The number of ether oxygens (including phenoxy) is 3. The maximum atomic E-state index is 12.7. The van der Waals surface area contributed by atoms with Gasteiger partial charge >= 0.3 is 0 Å². The van der Waals surface area contributed by atoms with Crippen LogP contribution in [0.25, 0.3) is 0 Å². The lowest BCUT2D eigenvalue weighted by molar-refractivity contribution is -0.153. The largest absolute Gasteiger partial charge is 0.491 e. The Balaban J connectivity index is 1.23. The van der Waals surface area contributed by atoms with Crippen LogP contribution in [0.2, 0.25) is 0 Å². The second kappa shape index (κ2) is 9.01. The zero-order valence-corrected chi connectivity index (χ0v) is 17.0. The fraction of sp³-hybridized carbons (Fsp3) is 0.522. The summed E-state index contributed by atoms with van der Waals surface area (Å²) in [6.45, 7) is 5.05. The van der Waals surface area contributed by atoms with Gasteiger partial charge in [-0.25, -0.2) is 0 Å². The Hall–Kier alpha value is -2.31. The number of likely N-dealkylation sites (tertiary alicyclic amines) is 1. The molecular weight excluding hydrogens is 370 g/mol. The summed E-state index contributed by atoms with van der Waals surface area (Å²) < 4.78 is 23.3. The minimum absolute atomic E-state index is 0.0489. The summed E-state index contributed by atoms with van der Waals surface area (Å²) in [7, 11) is 0. The molecule has 0 saturated carbocycles. The molecule has 1 amide bonds. The summed E-state index contributed by atoms with van der Waals surface area (Å²) in [5, 5.41) is 0. The van der Waals surface area contributed by atoms with Gasteiger partial charge in [-0.2, -0.15) is 0 Å². The number of rotatable bonds is 6. The van der Waals surface area contributed by atoms with Crippen molar-refractivity contribution >= 4 is 5.91 Å². The van der Waals surface area contributed by atoms with Crippen LogP contribution in [0.4, 0.5) is 0 Å². The summed E-state index contributed by atoms with van der Waals surface area (Å²) in [5.41, 5.74) is 0.482. The quantitative estimate of drug-likeness (QED) is 0.691. The highest BCUT2D eigenvalue weighted by molar-refractivity contribution is 5.95. The molecule has 2 aromatic rings. The van der Waals surface area contributed by atoms with Gasteiger partial charge in [0, 0.05) is 26.1 Å². The average Bonchev–Trinajstić information content (AvgIpc) is 3.18. The van der Waals surface area contributed by atoms with E-state index in [9.17, 15) is 4.79 Å². The van der Waals surface area contributed by atoms with E-state index in [1.165, 1.54) is 0 Å². The highest BCUT2D eigenvalue weighted by atomic mass is 16.5. The van der Waals surface area contributed by atoms with Gasteiger partial charge in [0.1, 0.15) is 18.1 Å². The molecule has 2 fully saturated rings. The number of hydrogen-bond donors (Lipinski definition) is 0. The number of carbonyl (C=O) groups is 1. The lowest BCUT2D eigenvalue weighted by Crippen LogP contribution is -2.52. The topological polar surface area (TPSA) is 61.1 Å². The van der Waals surface area contributed by atoms with Gasteiger partial charge in [-0.05, 0) is 44.4 Å². The van der Waals surface area contributed by atoms with Crippen LogP contribution in [0.3, 0.4) is 0 Å². The van der Waals surface area contributed by atoms with Gasteiger partial charge in [0.25, 0.3) is 5.91 Å². The van der Waals surface area contributed by atoms with Crippen molar-refractivity contribution in [2.75, 3.05) is 32.9 Å². The smallest absolute Gasteiger partial charge is 0.257 e. The molecule has 0 bridgehead atoms. The van der Waals surface area contributed by atoms with Gasteiger partial charge in [0.05, 0.1) is 30.1 Å². The highest BCUT2D eigenvalue weighted by Gasteiger charge is 2.41. The summed E-state index contributed by atoms with van der Waals surface area (Å²) in [6, 6.07) is 11.5. The average molecular weight is 399 g/mol. The van der Waals surface area contributed by atoms with Gasteiger partial charge in [0.2, 0.25) is 0 Å². The Morgan fingerprint density at radius 1 is 1.17 bits per heavy atom. The van der Waals surface area contributed by atoms with Crippen molar-refractivity contribution in [2.45, 2.75) is 44.3 Å². The predicted octanol–water partition coefficient (Wildman–Crippen LogP) is 3.84. The van der Waals surface area contributed by atoms with E-state index >= 15 is 0 Å². The summed E-state index contributed by atoms with van der Waals surface area (Å²) in [5.74, 6) is 1.59. The Bertz CT molecular complexity index is 795. The van der Waals surface area contributed by atoms with Crippen molar-refractivity contribution in [3.8, 4) is 5.75 Å². The lowest BCUT2D eigenvalue weighted by Gasteiger charge is -2.46. The first-order valence-electron chi connectivity index (χ1n) is 10.4. The van der Waals surface area contributed by atoms with Crippen molar-refractivity contribution in [2.24, 2.45) is 0 Å². The van der Waals surface area contributed by atoms with Gasteiger partial charge in [-0.3, -0.25) is 4.79 Å². The first-order valence-corrected chi connectivity index (χ1v) is 10.4. The minimum Gasteiger partial charge on any atom is -0.491 e. The summed E-state index contributed by atoms with van der Waals surface area (Å²) in [6.07, 6.45) is 5.23. The summed E-state index contributed by atoms with van der Waals surface area (Å²) >= 11 is 0. The Morgan fingerprint density at radius 2 is 1.97 bits per heavy atom. The molecule has 6 nitrogen and oxygen atoms in total. The third kappa shape index (κ3) is 4.82. The van der Waals surface area contributed by atoms with Crippen LogP contribution in [0, 0.1) is 6.92 Å². The van der Waals surface area contributed by atoms with Crippen LogP contribution in [-0.2, 0) is 9.47 Å². The molecule has 0 aliphatic carbocycles. The molecule has 1 unspecified atom stereocenters. The van der Waals surface area contributed by atoms with Crippen LogP contribution < -0.4 is 4.74 Å². The molecular formula is C23H29NO5. The number of furan rings is 1. The second-order valence-electron chi connectivity index (χ2n) is 7.86. The second-order valence-corrected chi connectivity index (χ2v) is 7.86. The van der Waals surface area contributed by atoms with E-state index in [0.29, 0.717) is 44.2 Å². The third-order valence-electron chi connectivity index (χ3n) is 5.95. The molecule has 3 heterocycles. The molecule has 0 N–H and O–H groups in total. The molecule has 0 radical (unpaired) electrons. The maximum absolute atomic E-state index is 12.7. The molecule has 29 heavy (non-hydrogen) atoms. The van der Waals surface area contributed by atoms with Crippen LogP contribution in [0.5, 0.6) is 5.75 Å². The third-order valence-corrected chi connectivity index (χ3v) is 5.95. The van der Waals surface area contributed by atoms with Crippen molar-refractivity contribution in [3.63, 3.8) is 0 Å². The number of piperidine rings is 1. The molecule has 2 saturated heterocycles. The fourth-order valence-electron chi connectivity index (χ4n) is 4.26. The number of amides is 1. The number of para-hydroxylation sites is 1. The van der Waals surface area contributed by atoms with E-state index < -0.39 is 0 Å². The van der Waals surface area contributed by atoms with Crippen LogP contribution in [0.15, 0.2) is 47.1 Å². The van der Waals surface area contributed by atoms with E-state index in [2.05, 4.69) is 0 Å². The minimum atomic E-state index is -0.175. The van der Waals surface area contributed by atoms with Gasteiger partial charge < -0.3 is 23.5 Å². The van der Waals surface area contributed by atoms with E-state index in [0.717, 1.165) is 31.4 Å². The number of nitrogens with zero attached hydrogens (tertiary/aromatic N) is 1. The van der Waals surface area contributed by atoms with Crippen molar-refractivity contribution in [3.05, 3.63) is 54.0 Å². The molecule has 1 aromatic heterocycles. The highest BCUT2D eigenvalue weighted by Crippen LogP contribution is 2.36. The molecule has 2 aliphatic heterocycles. The van der Waals surface area contributed by atoms with E-state index in [-0.39, 0.29) is 17.6 Å². The Kier molecular flexibility index (Phi) is 6.21. The zero-order chi connectivity index (χ0) is 20.1. The standard InChI is InChI=1S/C23H29NO5/c1-18-21(8-13-26-18)22(25)24-11-9-23(10-12-24)17-20(7-14-29-23)28-16-15-27-19-5-3-2-4-6-19/h2-6,8,13,20H,7,9-12,14-17H2,1H3. The molecule has 156 valence electrons. The van der Waals surface area contributed by atoms with Crippen molar-refractivity contribution in [1.82, 2.24) is 4.90 Å². The first-order chi connectivity index (χ1) is 14.2. The van der Waals surface area contributed by atoms with Gasteiger partial charge in [0.15, 0.2) is 0 Å². The zero-order valence-electron chi connectivity index (χ0n) is 17.0.